The summed E-state index contributed by atoms with van der Waals surface area (Å²) in [6.45, 7) is 4.20. The molecule has 1 aromatic heterocycles. The maximum atomic E-state index is 11.0. The standard InChI is InChI=1S/C18H16N2O2/c1-13-3-7-16(14(2)11-13)8-4-15-5-9-17(10-6-15)20-12-18(21)22-19-20/h3-12H,1-2H3/b8-4+. The zero-order chi connectivity index (χ0) is 15.5. The Balaban J connectivity index is 1.80. The number of rotatable bonds is 3. The van der Waals surface area contributed by atoms with Crippen LogP contribution in [0.2, 0.25) is 0 Å². The summed E-state index contributed by atoms with van der Waals surface area (Å²) in [5, 5.41) is 14.6. The Labute approximate surface area is 128 Å². The van der Waals surface area contributed by atoms with Gasteiger partial charge in [-0.2, -0.15) is 0 Å². The maximum Gasteiger partial charge on any atom is 0.239 e. The molecule has 0 unspecified atom stereocenters. The summed E-state index contributed by atoms with van der Waals surface area (Å²) < 4.78 is 5.94. The Morgan fingerprint density at radius 1 is 1.05 bits per heavy atom. The van der Waals surface area contributed by atoms with Gasteiger partial charge in [-0.25, -0.2) is 0 Å². The number of aromatic nitrogens is 2. The first-order valence-electron chi connectivity index (χ1n) is 7.03. The fourth-order valence-corrected chi connectivity index (χ4v) is 2.29. The summed E-state index contributed by atoms with van der Waals surface area (Å²) in [4.78, 5) is 0. The van der Waals surface area contributed by atoms with Crippen LogP contribution in [-0.4, -0.2) is 5.27 Å². The van der Waals surface area contributed by atoms with Crippen LogP contribution in [0.3, 0.4) is 0 Å². The molecule has 22 heavy (non-hydrogen) atoms. The van der Waals surface area contributed by atoms with Crippen LogP contribution in [-0.2, 0) is 0 Å². The topological polar surface area (TPSA) is 53.0 Å². The fraction of sp³-hybridized carbons (Fsp3) is 0.111. The zero-order valence-electron chi connectivity index (χ0n) is 12.5. The first kappa shape index (κ1) is 14.1. The van der Waals surface area contributed by atoms with E-state index >= 15 is 0 Å². The molecule has 3 aromatic rings. The number of hydrogen-bond acceptors (Lipinski definition) is 3. The molecule has 0 aliphatic rings. The van der Waals surface area contributed by atoms with E-state index in [0.29, 0.717) is 0 Å². The molecule has 0 aliphatic heterocycles. The lowest BCUT2D eigenvalue weighted by Crippen LogP contribution is -2.31. The molecular weight excluding hydrogens is 276 g/mol. The molecule has 4 heteroatoms. The van der Waals surface area contributed by atoms with Gasteiger partial charge in [-0.3, -0.25) is 0 Å². The van der Waals surface area contributed by atoms with Crippen molar-refractivity contribution < 1.29 is 14.3 Å². The second-order valence-corrected chi connectivity index (χ2v) is 5.25. The maximum absolute atomic E-state index is 11.0. The van der Waals surface area contributed by atoms with Crippen LogP contribution in [0.1, 0.15) is 22.3 Å². The Kier molecular flexibility index (Phi) is 3.74. The first-order valence-corrected chi connectivity index (χ1v) is 7.03. The van der Waals surface area contributed by atoms with Gasteiger partial charge in [-0.1, -0.05) is 35.9 Å². The van der Waals surface area contributed by atoms with E-state index in [1.54, 1.807) is 0 Å². The van der Waals surface area contributed by atoms with E-state index in [0.717, 1.165) is 11.3 Å². The molecule has 0 bridgehead atoms. The molecule has 0 spiro atoms. The summed E-state index contributed by atoms with van der Waals surface area (Å²) in [7, 11) is 0. The Bertz CT molecular complexity index is 817. The van der Waals surface area contributed by atoms with Gasteiger partial charge in [0.25, 0.3) is 0 Å². The van der Waals surface area contributed by atoms with Gasteiger partial charge in [0, 0.05) is 12.1 Å². The normalized spacial score (nSPS) is 11.2. The van der Waals surface area contributed by atoms with Crippen molar-refractivity contribution in [3.05, 3.63) is 70.9 Å². The van der Waals surface area contributed by atoms with Crippen molar-refractivity contribution in [2.75, 3.05) is 0 Å². The van der Waals surface area contributed by atoms with Crippen molar-refractivity contribution in [1.82, 2.24) is 5.27 Å². The molecule has 110 valence electrons. The predicted octanol–water partition coefficient (Wildman–Crippen LogP) is 2.81. The highest BCUT2D eigenvalue weighted by Gasteiger charge is 2.07. The van der Waals surface area contributed by atoms with E-state index in [2.05, 4.69) is 54.0 Å². The Hall–Kier alpha value is -2.88. The number of aryl methyl sites for hydroxylation is 2. The van der Waals surface area contributed by atoms with Gasteiger partial charge in [0.1, 0.15) is 5.95 Å². The van der Waals surface area contributed by atoms with Gasteiger partial charge < -0.3 is 9.63 Å². The van der Waals surface area contributed by atoms with Gasteiger partial charge >= 0.3 is 0 Å². The van der Waals surface area contributed by atoms with Crippen molar-refractivity contribution >= 4 is 12.2 Å². The van der Waals surface area contributed by atoms with Gasteiger partial charge in [-0.05, 0) is 47.4 Å². The van der Waals surface area contributed by atoms with Crippen LogP contribution < -0.4 is 9.79 Å². The lowest BCUT2D eigenvalue weighted by Gasteiger charge is -2.01. The Morgan fingerprint density at radius 2 is 1.82 bits per heavy atom. The minimum absolute atomic E-state index is 0.459. The highest BCUT2D eigenvalue weighted by Crippen LogP contribution is 2.15. The lowest BCUT2D eigenvalue weighted by molar-refractivity contribution is -0.670. The summed E-state index contributed by atoms with van der Waals surface area (Å²) in [5.41, 5.74) is 5.59. The molecule has 0 amide bonds. The van der Waals surface area contributed by atoms with Crippen LogP contribution >= 0.6 is 0 Å². The van der Waals surface area contributed by atoms with Gasteiger partial charge in [-0.15, -0.1) is 0 Å². The fourth-order valence-electron chi connectivity index (χ4n) is 2.29. The monoisotopic (exact) mass is 292 g/mol. The van der Waals surface area contributed by atoms with Crippen LogP contribution in [0.25, 0.3) is 17.8 Å². The van der Waals surface area contributed by atoms with Crippen molar-refractivity contribution in [3.63, 3.8) is 0 Å². The number of hydrogen-bond donors (Lipinski definition) is 0. The van der Waals surface area contributed by atoms with Gasteiger partial charge in [0.15, 0.2) is 0 Å². The summed E-state index contributed by atoms with van der Waals surface area (Å²) in [6.07, 6.45) is 5.47. The van der Waals surface area contributed by atoms with Gasteiger partial charge in [0.05, 0.1) is 5.27 Å². The molecule has 0 N–H and O–H groups in total. The first-order chi connectivity index (χ1) is 10.6. The molecule has 0 radical (unpaired) electrons. The van der Waals surface area contributed by atoms with E-state index in [4.69, 9.17) is 0 Å². The van der Waals surface area contributed by atoms with Crippen LogP contribution in [0.5, 0.6) is 5.95 Å². The highest BCUT2D eigenvalue weighted by molar-refractivity contribution is 5.71. The Morgan fingerprint density at radius 3 is 2.45 bits per heavy atom. The third-order valence-electron chi connectivity index (χ3n) is 3.48. The number of nitrogens with zero attached hydrogens (tertiary/aromatic N) is 2. The SMILES string of the molecule is Cc1ccc(/C=C/c2ccc(-[n+]3cc([O-])on3)cc2)c(C)c1. The minimum atomic E-state index is -0.459. The molecule has 0 fully saturated rings. The molecule has 0 aliphatic carbocycles. The van der Waals surface area contributed by atoms with E-state index in [9.17, 15) is 5.11 Å². The molecule has 4 nitrogen and oxygen atoms in total. The van der Waals surface area contributed by atoms with Crippen LogP contribution in [0, 0.1) is 13.8 Å². The number of benzene rings is 2. The summed E-state index contributed by atoms with van der Waals surface area (Å²) >= 11 is 0. The van der Waals surface area contributed by atoms with E-state index in [1.807, 2.05) is 24.3 Å². The third kappa shape index (κ3) is 3.06. The third-order valence-corrected chi connectivity index (χ3v) is 3.48. The molecule has 2 aromatic carbocycles. The predicted molar refractivity (Wildman–Crippen MR) is 82.3 cm³/mol. The van der Waals surface area contributed by atoms with Crippen molar-refractivity contribution in [3.8, 4) is 11.6 Å². The van der Waals surface area contributed by atoms with E-state index < -0.39 is 5.95 Å². The average molecular weight is 292 g/mol. The largest absolute Gasteiger partial charge is 0.539 e. The van der Waals surface area contributed by atoms with E-state index in [1.165, 1.54) is 27.6 Å². The van der Waals surface area contributed by atoms with Crippen molar-refractivity contribution in [1.29, 1.82) is 0 Å². The molecule has 0 saturated heterocycles. The van der Waals surface area contributed by atoms with Gasteiger partial charge in [0.2, 0.25) is 11.9 Å². The summed E-state index contributed by atoms with van der Waals surface area (Å²) in [5.74, 6) is -0.459. The smallest absolute Gasteiger partial charge is 0.239 e. The summed E-state index contributed by atoms with van der Waals surface area (Å²) in [6, 6.07) is 14.1. The molecule has 0 atom stereocenters. The quantitative estimate of drug-likeness (QED) is 0.551. The van der Waals surface area contributed by atoms with Crippen molar-refractivity contribution in [2.24, 2.45) is 0 Å². The average Bonchev–Trinajstić information content (AvgIpc) is 2.93. The van der Waals surface area contributed by atoms with Crippen molar-refractivity contribution in [2.45, 2.75) is 13.8 Å². The highest BCUT2D eigenvalue weighted by atomic mass is 16.6. The van der Waals surface area contributed by atoms with Crippen LogP contribution in [0.4, 0.5) is 0 Å². The molecular formula is C18H16N2O2. The molecule has 1 heterocycles. The minimum Gasteiger partial charge on any atom is -0.539 e. The molecule has 0 saturated carbocycles. The second kappa shape index (κ2) is 5.85. The molecule has 3 rings (SSSR count). The zero-order valence-corrected chi connectivity index (χ0v) is 12.5. The van der Waals surface area contributed by atoms with Crippen LogP contribution in [0.15, 0.2) is 53.2 Å². The van der Waals surface area contributed by atoms with E-state index in [-0.39, 0.29) is 0 Å². The second-order valence-electron chi connectivity index (χ2n) is 5.25. The lowest BCUT2D eigenvalue weighted by atomic mass is 10.0.